The summed E-state index contributed by atoms with van der Waals surface area (Å²) in [6.45, 7) is 4.71. The van der Waals surface area contributed by atoms with Crippen molar-refractivity contribution in [3.05, 3.63) is 28.3 Å². The highest BCUT2D eigenvalue weighted by Crippen LogP contribution is 2.33. The van der Waals surface area contributed by atoms with E-state index in [9.17, 15) is 4.79 Å². The Hall–Kier alpha value is -1.02. The summed E-state index contributed by atoms with van der Waals surface area (Å²) in [6.07, 6.45) is 1.38. The number of ether oxygens (including phenoxy) is 1. The Morgan fingerprint density at radius 1 is 1.50 bits per heavy atom. The summed E-state index contributed by atoms with van der Waals surface area (Å²) < 4.78 is 5.51. The highest BCUT2D eigenvalue weighted by atomic mass is 35.5. The van der Waals surface area contributed by atoms with E-state index < -0.39 is 0 Å². The number of carbonyl (C=O) groups excluding carboxylic acids is 1. The molecule has 2 nitrogen and oxygen atoms in total. The summed E-state index contributed by atoms with van der Waals surface area (Å²) in [4.78, 5) is 12.0. The summed E-state index contributed by atoms with van der Waals surface area (Å²) >= 11 is 6.00. The lowest BCUT2D eigenvalue weighted by atomic mass is 9.98. The van der Waals surface area contributed by atoms with Gasteiger partial charge in [0, 0.05) is 17.9 Å². The highest BCUT2D eigenvalue weighted by molar-refractivity contribution is 6.31. The van der Waals surface area contributed by atoms with E-state index in [1.807, 2.05) is 19.9 Å². The van der Waals surface area contributed by atoms with Crippen LogP contribution in [0.2, 0.25) is 5.02 Å². The smallest absolute Gasteiger partial charge is 0.166 e. The van der Waals surface area contributed by atoms with Gasteiger partial charge in [0.15, 0.2) is 5.78 Å². The number of Topliss-reactive ketones (excluding diaryl/α,β-unsaturated/α-hetero) is 1. The second-order valence-corrected chi connectivity index (χ2v) is 5.00. The molecule has 0 atom stereocenters. The van der Waals surface area contributed by atoms with Crippen LogP contribution in [0, 0.1) is 5.92 Å². The van der Waals surface area contributed by atoms with Crippen LogP contribution in [0.5, 0.6) is 5.75 Å². The summed E-state index contributed by atoms with van der Waals surface area (Å²) in [5.41, 5.74) is 1.70. The Kier molecular flexibility index (Phi) is 3.20. The molecule has 2 rings (SSSR count). The van der Waals surface area contributed by atoms with Crippen molar-refractivity contribution >= 4 is 17.4 Å². The first kappa shape index (κ1) is 11.5. The number of benzene rings is 1. The average Bonchev–Trinajstić information content (AvgIpc) is 2.62. The monoisotopic (exact) mass is 238 g/mol. The van der Waals surface area contributed by atoms with Gasteiger partial charge in [0.1, 0.15) is 5.75 Å². The molecule has 3 heteroatoms. The van der Waals surface area contributed by atoms with Crippen molar-refractivity contribution in [2.45, 2.75) is 26.7 Å². The summed E-state index contributed by atoms with van der Waals surface area (Å²) in [5.74, 6) is 1.22. The maximum Gasteiger partial charge on any atom is 0.166 e. The van der Waals surface area contributed by atoms with Crippen molar-refractivity contribution in [2.75, 3.05) is 6.61 Å². The third kappa shape index (κ3) is 2.22. The Morgan fingerprint density at radius 3 is 2.94 bits per heavy atom. The molecule has 1 aromatic rings. The van der Waals surface area contributed by atoms with E-state index in [0.29, 0.717) is 29.5 Å². The van der Waals surface area contributed by atoms with E-state index >= 15 is 0 Å². The van der Waals surface area contributed by atoms with Gasteiger partial charge >= 0.3 is 0 Å². The van der Waals surface area contributed by atoms with Crippen LogP contribution in [0.3, 0.4) is 0 Å². The molecule has 0 saturated heterocycles. The van der Waals surface area contributed by atoms with Crippen LogP contribution in [-0.2, 0) is 6.42 Å². The van der Waals surface area contributed by atoms with Crippen LogP contribution in [-0.4, -0.2) is 12.4 Å². The molecule has 0 bridgehead atoms. The van der Waals surface area contributed by atoms with E-state index in [4.69, 9.17) is 16.3 Å². The fourth-order valence-corrected chi connectivity index (χ4v) is 2.20. The maximum absolute atomic E-state index is 12.0. The first-order valence-corrected chi connectivity index (χ1v) is 5.94. The van der Waals surface area contributed by atoms with E-state index in [1.165, 1.54) is 0 Å². The topological polar surface area (TPSA) is 26.3 Å². The van der Waals surface area contributed by atoms with Gasteiger partial charge in [0.25, 0.3) is 0 Å². The minimum absolute atomic E-state index is 0.121. The number of rotatable bonds is 3. The highest BCUT2D eigenvalue weighted by Gasteiger charge is 2.22. The predicted octanol–water partition coefficient (Wildman–Crippen LogP) is 3.50. The summed E-state index contributed by atoms with van der Waals surface area (Å²) in [7, 11) is 0. The van der Waals surface area contributed by atoms with E-state index in [1.54, 1.807) is 6.07 Å². The van der Waals surface area contributed by atoms with Gasteiger partial charge in [0.2, 0.25) is 0 Å². The Balaban J connectivity index is 2.37. The molecule has 0 fully saturated rings. The second kappa shape index (κ2) is 4.46. The Labute approximate surface area is 101 Å². The summed E-state index contributed by atoms with van der Waals surface area (Å²) in [5, 5.41) is 0.622. The van der Waals surface area contributed by atoms with Crippen molar-refractivity contribution in [1.82, 2.24) is 0 Å². The zero-order valence-electron chi connectivity index (χ0n) is 9.55. The van der Waals surface area contributed by atoms with Crippen molar-refractivity contribution in [1.29, 1.82) is 0 Å². The normalized spacial score (nSPS) is 13.8. The van der Waals surface area contributed by atoms with E-state index in [0.717, 1.165) is 17.7 Å². The molecular formula is C13H15ClO2. The molecule has 0 aromatic heterocycles. The number of carbonyl (C=O) groups is 1. The second-order valence-electron chi connectivity index (χ2n) is 4.56. The third-order valence-electron chi connectivity index (χ3n) is 2.64. The molecule has 0 unspecified atom stereocenters. The zero-order valence-corrected chi connectivity index (χ0v) is 10.3. The SMILES string of the molecule is CC(C)CC(=O)c1cc(Cl)cc2c1OCC2. The molecular weight excluding hydrogens is 224 g/mol. The molecule has 0 saturated carbocycles. The molecule has 0 amide bonds. The number of fused-ring (bicyclic) bond motifs is 1. The van der Waals surface area contributed by atoms with Crippen LogP contribution in [0.1, 0.15) is 36.2 Å². The van der Waals surface area contributed by atoms with Crippen LogP contribution in [0.25, 0.3) is 0 Å². The van der Waals surface area contributed by atoms with Gasteiger partial charge < -0.3 is 4.74 Å². The maximum atomic E-state index is 12.0. The number of halogens is 1. The van der Waals surface area contributed by atoms with Crippen molar-refractivity contribution in [3.63, 3.8) is 0 Å². The first-order chi connectivity index (χ1) is 7.58. The third-order valence-corrected chi connectivity index (χ3v) is 2.86. The average molecular weight is 239 g/mol. The van der Waals surface area contributed by atoms with Gasteiger partial charge in [-0.05, 0) is 23.6 Å². The van der Waals surface area contributed by atoms with Gasteiger partial charge in [-0.3, -0.25) is 4.79 Å². The van der Waals surface area contributed by atoms with Gasteiger partial charge in [0.05, 0.1) is 12.2 Å². The molecule has 0 aliphatic carbocycles. The fourth-order valence-electron chi connectivity index (χ4n) is 1.96. The van der Waals surface area contributed by atoms with Gasteiger partial charge in [-0.2, -0.15) is 0 Å². The first-order valence-electron chi connectivity index (χ1n) is 5.56. The molecule has 1 aromatic carbocycles. The minimum Gasteiger partial charge on any atom is -0.492 e. The van der Waals surface area contributed by atoms with Crippen LogP contribution in [0.4, 0.5) is 0 Å². The lowest BCUT2D eigenvalue weighted by Gasteiger charge is -2.09. The van der Waals surface area contributed by atoms with E-state index in [2.05, 4.69) is 0 Å². The minimum atomic E-state index is 0.121. The van der Waals surface area contributed by atoms with Crippen LogP contribution in [0.15, 0.2) is 12.1 Å². The van der Waals surface area contributed by atoms with Crippen LogP contribution >= 0.6 is 11.6 Å². The predicted molar refractivity (Wildman–Crippen MR) is 64.4 cm³/mol. The number of hydrogen-bond donors (Lipinski definition) is 0. The fraction of sp³-hybridized carbons (Fsp3) is 0.462. The van der Waals surface area contributed by atoms with Gasteiger partial charge in [-0.15, -0.1) is 0 Å². The molecule has 0 radical (unpaired) electrons. The molecule has 86 valence electrons. The number of hydrogen-bond acceptors (Lipinski definition) is 2. The quantitative estimate of drug-likeness (QED) is 0.754. The Morgan fingerprint density at radius 2 is 2.25 bits per heavy atom. The van der Waals surface area contributed by atoms with Gasteiger partial charge in [-0.1, -0.05) is 25.4 Å². The Bertz CT molecular complexity index is 424. The lowest BCUT2D eigenvalue weighted by molar-refractivity contribution is 0.0965. The lowest BCUT2D eigenvalue weighted by Crippen LogP contribution is -2.05. The van der Waals surface area contributed by atoms with E-state index in [-0.39, 0.29) is 5.78 Å². The van der Waals surface area contributed by atoms with Crippen molar-refractivity contribution < 1.29 is 9.53 Å². The van der Waals surface area contributed by atoms with Crippen molar-refractivity contribution in [3.8, 4) is 5.75 Å². The number of ketones is 1. The molecule has 16 heavy (non-hydrogen) atoms. The zero-order chi connectivity index (χ0) is 11.7. The molecule has 1 aliphatic heterocycles. The molecule has 1 aliphatic rings. The standard InChI is InChI=1S/C13H15ClO2/c1-8(2)5-12(15)11-7-10(14)6-9-3-4-16-13(9)11/h6-8H,3-5H2,1-2H3. The molecule has 0 N–H and O–H groups in total. The van der Waals surface area contributed by atoms with Crippen molar-refractivity contribution in [2.24, 2.45) is 5.92 Å². The summed E-state index contributed by atoms with van der Waals surface area (Å²) in [6, 6.07) is 3.60. The molecule has 1 heterocycles. The molecule has 0 spiro atoms. The largest absolute Gasteiger partial charge is 0.492 e. The van der Waals surface area contributed by atoms with Crippen LogP contribution < -0.4 is 4.74 Å². The van der Waals surface area contributed by atoms with Gasteiger partial charge in [-0.25, -0.2) is 0 Å².